The standard InChI is InChI=1S/C14H25N3S/c1-4-15-9-13-10-16-14(18-13)17(3)12-7-5-6-11(2)8-12/h10-12,15H,4-9H2,1-3H3. The first-order valence-electron chi connectivity index (χ1n) is 7.09. The maximum atomic E-state index is 4.57. The monoisotopic (exact) mass is 267 g/mol. The van der Waals surface area contributed by atoms with E-state index in [4.69, 9.17) is 0 Å². The van der Waals surface area contributed by atoms with Crippen LogP contribution in [0.1, 0.15) is 44.4 Å². The normalized spacial score (nSPS) is 24.2. The Morgan fingerprint density at radius 3 is 3.06 bits per heavy atom. The molecule has 1 saturated carbocycles. The van der Waals surface area contributed by atoms with Crippen LogP contribution in [0.25, 0.3) is 0 Å². The summed E-state index contributed by atoms with van der Waals surface area (Å²) in [6.45, 7) is 6.47. The maximum Gasteiger partial charge on any atom is 0.185 e. The van der Waals surface area contributed by atoms with Gasteiger partial charge < -0.3 is 10.2 Å². The molecule has 1 aliphatic rings. The first-order chi connectivity index (χ1) is 8.70. The maximum absolute atomic E-state index is 4.57. The summed E-state index contributed by atoms with van der Waals surface area (Å²) in [4.78, 5) is 8.31. The van der Waals surface area contributed by atoms with E-state index < -0.39 is 0 Å². The van der Waals surface area contributed by atoms with Crippen LogP contribution in [0.4, 0.5) is 5.13 Å². The summed E-state index contributed by atoms with van der Waals surface area (Å²) >= 11 is 1.83. The van der Waals surface area contributed by atoms with Gasteiger partial charge >= 0.3 is 0 Å². The smallest absolute Gasteiger partial charge is 0.185 e. The minimum absolute atomic E-state index is 0.687. The molecule has 2 rings (SSSR count). The molecule has 1 heterocycles. The minimum Gasteiger partial charge on any atom is -0.348 e. The van der Waals surface area contributed by atoms with Crippen LogP contribution in [0.2, 0.25) is 0 Å². The van der Waals surface area contributed by atoms with Crippen LogP contribution in [0.15, 0.2) is 6.20 Å². The third-order valence-corrected chi connectivity index (χ3v) is 4.94. The van der Waals surface area contributed by atoms with Crippen molar-refractivity contribution < 1.29 is 0 Å². The molecule has 0 aliphatic heterocycles. The van der Waals surface area contributed by atoms with Crippen LogP contribution >= 0.6 is 11.3 Å². The molecule has 1 fully saturated rings. The van der Waals surface area contributed by atoms with Crippen LogP contribution in [0, 0.1) is 5.92 Å². The van der Waals surface area contributed by atoms with Gasteiger partial charge in [-0.2, -0.15) is 0 Å². The second-order valence-corrected chi connectivity index (χ2v) is 6.52. The summed E-state index contributed by atoms with van der Waals surface area (Å²) in [7, 11) is 2.21. The molecule has 1 aromatic rings. The number of aromatic nitrogens is 1. The van der Waals surface area contributed by atoms with Crippen molar-refractivity contribution in [3.63, 3.8) is 0 Å². The van der Waals surface area contributed by atoms with Crippen molar-refractivity contribution in [3.05, 3.63) is 11.1 Å². The molecule has 2 unspecified atom stereocenters. The first kappa shape index (κ1) is 13.8. The van der Waals surface area contributed by atoms with Crippen LogP contribution in [0.5, 0.6) is 0 Å². The number of hydrogen-bond acceptors (Lipinski definition) is 4. The third kappa shape index (κ3) is 3.45. The SMILES string of the molecule is CCNCc1cnc(N(C)C2CCCC(C)C2)s1. The third-order valence-electron chi connectivity index (χ3n) is 3.85. The Balaban J connectivity index is 1.95. The van der Waals surface area contributed by atoms with Crippen molar-refractivity contribution in [1.29, 1.82) is 0 Å². The Morgan fingerprint density at radius 2 is 2.33 bits per heavy atom. The number of nitrogens with zero attached hydrogens (tertiary/aromatic N) is 2. The largest absolute Gasteiger partial charge is 0.348 e. The Labute approximate surface area is 115 Å². The second-order valence-electron chi connectivity index (χ2n) is 5.43. The van der Waals surface area contributed by atoms with E-state index >= 15 is 0 Å². The molecule has 102 valence electrons. The van der Waals surface area contributed by atoms with Crippen LogP contribution in [-0.4, -0.2) is 24.6 Å². The van der Waals surface area contributed by atoms with Gasteiger partial charge in [0.05, 0.1) is 0 Å². The molecule has 4 heteroatoms. The quantitative estimate of drug-likeness (QED) is 0.887. The number of hydrogen-bond donors (Lipinski definition) is 1. The van der Waals surface area contributed by atoms with E-state index in [1.807, 2.05) is 17.5 Å². The predicted octanol–water partition coefficient (Wildman–Crippen LogP) is 3.27. The Kier molecular flexibility index (Phi) is 5.01. The summed E-state index contributed by atoms with van der Waals surface area (Å²) in [5.74, 6) is 0.868. The van der Waals surface area contributed by atoms with Crippen molar-refractivity contribution >= 4 is 16.5 Å². The zero-order valence-corrected chi connectivity index (χ0v) is 12.6. The molecule has 0 spiro atoms. The van der Waals surface area contributed by atoms with E-state index in [9.17, 15) is 0 Å². The Morgan fingerprint density at radius 1 is 1.50 bits per heavy atom. The molecule has 18 heavy (non-hydrogen) atoms. The Hall–Kier alpha value is -0.610. The number of nitrogens with one attached hydrogen (secondary N) is 1. The van der Waals surface area contributed by atoms with E-state index in [-0.39, 0.29) is 0 Å². The van der Waals surface area contributed by atoms with Gasteiger partial charge in [0.2, 0.25) is 0 Å². The van der Waals surface area contributed by atoms with Crippen LogP contribution in [0.3, 0.4) is 0 Å². The lowest BCUT2D eigenvalue weighted by atomic mass is 9.86. The van der Waals surface area contributed by atoms with E-state index in [1.54, 1.807) is 0 Å². The van der Waals surface area contributed by atoms with Crippen molar-refractivity contribution in [1.82, 2.24) is 10.3 Å². The van der Waals surface area contributed by atoms with Gasteiger partial charge in [0, 0.05) is 30.7 Å². The molecule has 0 saturated heterocycles. The van der Waals surface area contributed by atoms with Crippen LogP contribution < -0.4 is 10.2 Å². The first-order valence-corrected chi connectivity index (χ1v) is 7.90. The average Bonchev–Trinajstić information content (AvgIpc) is 2.84. The highest BCUT2D eigenvalue weighted by Crippen LogP contribution is 2.31. The van der Waals surface area contributed by atoms with Crippen molar-refractivity contribution in [3.8, 4) is 0 Å². The Bertz CT molecular complexity index is 364. The molecule has 0 aromatic carbocycles. The highest BCUT2D eigenvalue weighted by molar-refractivity contribution is 7.15. The zero-order chi connectivity index (χ0) is 13.0. The minimum atomic E-state index is 0.687. The van der Waals surface area contributed by atoms with Gasteiger partial charge in [-0.05, 0) is 25.3 Å². The summed E-state index contributed by atoms with van der Waals surface area (Å²) in [6.07, 6.45) is 7.42. The average molecular weight is 267 g/mol. The molecule has 1 aliphatic carbocycles. The molecular formula is C14H25N3S. The topological polar surface area (TPSA) is 28.2 Å². The highest BCUT2D eigenvalue weighted by atomic mass is 32.1. The summed E-state index contributed by atoms with van der Waals surface area (Å²) in [5.41, 5.74) is 0. The summed E-state index contributed by atoms with van der Waals surface area (Å²) in [6, 6.07) is 0.687. The lowest BCUT2D eigenvalue weighted by Crippen LogP contribution is -2.35. The molecule has 0 bridgehead atoms. The zero-order valence-electron chi connectivity index (χ0n) is 11.8. The van der Waals surface area contributed by atoms with E-state index in [0.717, 1.165) is 19.0 Å². The fraction of sp³-hybridized carbons (Fsp3) is 0.786. The molecule has 2 atom stereocenters. The fourth-order valence-electron chi connectivity index (χ4n) is 2.70. The molecule has 0 radical (unpaired) electrons. The van der Waals surface area contributed by atoms with Gasteiger partial charge in [0.1, 0.15) is 0 Å². The predicted molar refractivity (Wildman–Crippen MR) is 79.3 cm³/mol. The molecule has 1 aromatic heterocycles. The highest BCUT2D eigenvalue weighted by Gasteiger charge is 2.23. The summed E-state index contributed by atoms with van der Waals surface area (Å²) < 4.78 is 0. The molecular weight excluding hydrogens is 242 g/mol. The molecule has 0 amide bonds. The number of anilines is 1. The number of rotatable bonds is 5. The van der Waals surface area contributed by atoms with Gasteiger partial charge in [-0.25, -0.2) is 4.98 Å². The fourth-order valence-corrected chi connectivity index (χ4v) is 3.61. The van der Waals surface area contributed by atoms with E-state index in [0.29, 0.717) is 6.04 Å². The van der Waals surface area contributed by atoms with Gasteiger partial charge in [0.15, 0.2) is 5.13 Å². The van der Waals surface area contributed by atoms with Crippen LogP contribution in [-0.2, 0) is 6.54 Å². The van der Waals surface area contributed by atoms with Crippen molar-refractivity contribution in [2.24, 2.45) is 5.92 Å². The lowest BCUT2D eigenvalue weighted by molar-refractivity contribution is 0.336. The van der Waals surface area contributed by atoms with E-state index in [1.165, 1.54) is 35.7 Å². The second kappa shape index (κ2) is 6.53. The number of thiazole rings is 1. The molecule has 1 N–H and O–H groups in total. The van der Waals surface area contributed by atoms with Crippen molar-refractivity contribution in [2.45, 2.75) is 52.1 Å². The lowest BCUT2D eigenvalue weighted by Gasteiger charge is -2.33. The van der Waals surface area contributed by atoms with Gasteiger partial charge in [-0.3, -0.25) is 0 Å². The summed E-state index contributed by atoms with van der Waals surface area (Å²) in [5, 5.41) is 4.54. The van der Waals surface area contributed by atoms with Gasteiger partial charge in [0.25, 0.3) is 0 Å². The van der Waals surface area contributed by atoms with Gasteiger partial charge in [-0.1, -0.05) is 26.7 Å². The van der Waals surface area contributed by atoms with E-state index in [2.05, 4.69) is 36.1 Å². The van der Waals surface area contributed by atoms with Crippen molar-refractivity contribution in [2.75, 3.05) is 18.5 Å². The molecule has 3 nitrogen and oxygen atoms in total. The van der Waals surface area contributed by atoms with Gasteiger partial charge in [-0.15, -0.1) is 11.3 Å².